The van der Waals surface area contributed by atoms with Gasteiger partial charge in [-0.05, 0) is 49.9 Å². The summed E-state index contributed by atoms with van der Waals surface area (Å²) in [5.41, 5.74) is 4.21. The predicted molar refractivity (Wildman–Crippen MR) is 174 cm³/mol. The van der Waals surface area contributed by atoms with Crippen molar-refractivity contribution >= 4 is 17.6 Å². The van der Waals surface area contributed by atoms with E-state index in [2.05, 4.69) is 14.9 Å². The van der Waals surface area contributed by atoms with E-state index < -0.39 is 12.0 Å². The Kier molecular flexibility index (Phi) is 11.9. The normalized spacial score (nSPS) is 17.4. The highest BCUT2D eigenvalue weighted by molar-refractivity contribution is 6.34. The maximum atomic E-state index is 11.8. The van der Waals surface area contributed by atoms with Crippen LogP contribution in [-0.4, -0.2) is 97.1 Å². The molecule has 0 radical (unpaired) electrons. The number of piperidine rings is 1. The van der Waals surface area contributed by atoms with Gasteiger partial charge in [0.2, 0.25) is 11.8 Å². The van der Waals surface area contributed by atoms with Gasteiger partial charge in [-0.15, -0.1) is 0 Å². The minimum Gasteiger partial charge on any atom is -0.493 e. The SMILES string of the molecule is COc1nc(OCc2cccc(-c3cccc(OCCCN4CCOCC4)c3C)c2Cl)nc(OC)c1CN1CCCC[C@H]1C(=O)O. The first-order valence-corrected chi connectivity index (χ1v) is 16.2. The number of benzene rings is 2. The third-order valence-electron chi connectivity index (χ3n) is 8.55. The quantitative estimate of drug-likeness (QED) is 0.230. The van der Waals surface area contributed by atoms with E-state index in [1.54, 1.807) is 0 Å². The van der Waals surface area contributed by atoms with Crippen molar-refractivity contribution < 1.29 is 33.6 Å². The predicted octanol–water partition coefficient (Wildman–Crippen LogP) is 5.24. The number of methoxy groups -OCH3 is 2. The molecule has 0 unspecified atom stereocenters. The summed E-state index contributed by atoms with van der Waals surface area (Å²) in [5.74, 6) is 0.540. The van der Waals surface area contributed by atoms with Crippen LogP contribution in [0.4, 0.5) is 0 Å². The van der Waals surface area contributed by atoms with Crippen LogP contribution < -0.4 is 18.9 Å². The lowest BCUT2D eigenvalue weighted by molar-refractivity contribution is -0.144. The Morgan fingerprint density at radius 2 is 1.72 bits per heavy atom. The van der Waals surface area contributed by atoms with Crippen LogP contribution in [0.1, 0.15) is 42.4 Å². The average molecular weight is 655 g/mol. The fraction of sp³-hybridized carbons (Fsp3) is 0.500. The number of carbonyl (C=O) groups is 1. The summed E-state index contributed by atoms with van der Waals surface area (Å²) in [4.78, 5) is 25.1. The zero-order valence-electron chi connectivity index (χ0n) is 26.8. The van der Waals surface area contributed by atoms with Crippen LogP contribution in [0.25, 0.3) is 11.1 Å². The maximum Gasteiger partial charge on any atom is 0.323 e. The van der Waals surface area contributed by atoms with Gasteiger partial charge in [0.15, 0.2) is 0 Å². The zero-order valence-corrected chi connectivity index (χ0v) is 27.6. The number of hydrogen-bond donors (Lipinski definition) is 1. The Morgan fingerprint density at radius 1 is 1.00 bits per heavy atom. The first kappa shape index (κ1) is 33.7. The molecule has 1 N–H and O–H groups in total. The highest BCUT2D eigenvalue weighted by Crippen LogP contribution is 2.37. The molecule has 0 bridgehead atoms. The van der Waals surface area contributed by atoms with Crippen LogP contribution in [0.3, 0.4) is 0 Å². The summed E-state index contributed by atoms with van der Waals surface area (Å²) in [5, 5.41) is 10.3. The maximum absolute atomic E-state index is 11.8. The van der Waals surface area contributed by atoms with Crippen molar-refractivity contribution in [3.05, 3.63) is 58.1 Å². The summed E-state index contributed by atoms with van der Waals surface area (Å²) in [7, 11) is 3.01. The third kappa shape index (κ3) is 8.19. The van der Waals surface area contributed by atoms with Gasteiger partial charge in [-0.25, -0.2) is 0 Å². The van der Waals surface area contributed by atoms with Crippen LogP contribution in [-0.2, 0) is 22.7 Å². The standard InChI is InChI=1S/C34H43ClN4O7/c1-23-25(10-7-13-29(23)45-18-8-14-38-16-19-44-20-17-38)26-11-6-9-24(30(26)35)22-46-34-36-31(42-2)27(32(37-34)43-3)21-39-15-5-4-12-28(39)33(40)41/h6-7,9-11,13,28H,4-5,8,12,14-22H2,1-3H3,(H,40,41)/t28-/m0/s1. The molecule has 46 heavy (non-hydrogen) atoms. The molecule has 1 atom stereocenters. The fourth-order valence-electron chi connectivity index (χ4n) is 6.02. The van der Waals surface area contributed by atoms with Crippen molar-refractivity contribution in [3.8, 4) is 34.6 Å². The Balaban J connectivity index is 1.27. The molecule has 11 nitrogen and oxygen atoms in total. The molecule has 3 aromatic rings. The van der Waals surface area contributed by atoms with Crippen LogP contribution in [0.15, 0.2) is 36.4 Å². The molecule has 2 aliphatic rings. The number of aliphatic carboxylic acids is 1. The Bertz CT molecular complexity index is 1460. The largest absolute Gasteiger partial charge is 0.493 e. The smallest absolute Gasteiger partial charge is 0.323 e. The van der Waals surface area contributed by atoms with E-state index in [0.717, 1.165) is 80.1 Å². The average Bonchev–Trinajstić information content (AvgIpc) is 3.08. The Labute approximate surface area is 275 Å². The molecule has 2 saturated heterocycles. The van der Waals surface area contributed by atoms with Gasteiger partial charge < -0.3 is 28.8 Å². The van der Waals surface area contributed by atoms with Crippen molar-refractivity contribution in [2.24, 2.45) is 0 Å². The van der Waals surface area contributed by atoms with Gasteiger partial charge in [0.1, 0.15) is 18.4 Å². The van der Waals surface area contributed by atoms with E-state index in [4.69, 9.17) is 35.3 Å². The second-order valence-corrected chi connectivity index (χ2v) is 11.9. The van der Waals surface area contributed by atoms with Crippen molar-refractivity contribution in [2.75, 3.05) is 60.2 Å². The molecular weight excluding hydrogens is 612 g/mol. The molecule has 2 aromatic carbocycles. The number of carboxylic acid groups (broad SMARTS) is 1. The van der Waals surface area contributed by atoms with E-state index in [1.807, 2.05) is 48.2 Å². The number of nitrogens with zero attached hydrogens (tertiary/aromatic N) is 4. The number of hydrogen-bond acceptors (Lipinski definition) is 10. The highest BCUT2D eigenvalue weighted by atomic mass is 35.5. The monoisotopic (exact) mass is 654 g/mol. The van der Waals surface area contributed by atoms with Gasteiger partial charge in [-0.3, -0.25) is 14.6 Å². The van der Waals surface area contributed by atoms with Crippen LogP contribution in [0, 0.1) is 6.92 Å². The molecule has 248 valence electrons. The molecule has 0 aliphatic carbocycles. The summed E-state index contributed by atoms with van der Waals surface area (Å²) in [6, 6.07) is 11.3. The van der Waals surface area contributed by atoms with Gasteiger partial charge in [-0.1, -0.05) is 48.4 Å². The first-order chi connectivity index (χ1) is 22.4. The van der Waals surface area contributed by atoms with E-state index in [1.165, 1.54) is 14.2 Å². The Morgan fingerprint density at radius 3 is 2.43 bits per heavy atom. The summed E-state index contributed by atoms with van der Waals surface area (Å²) in [6.07, 6.45) is 3.33. The molecular formula is C34H43ClN4O7. The van der Waals surface area contributed by atoms with E-state index in [-0.39, 0.29) is 30.9 Å². The summed E-state index contributed by atoms with van der Waals surface area (Å²) >= 11 is 6.96. The second-order valence-electron chi connectivity index (χ2n) is 11.5. The molecule has 0 saturated carbocycles. The highest BCUT2D eigenvalue weighted by Gasteiger charge is 2.31. The zero-order chi connectivity index (χ0) is 32.5. The topological polar surface area (TPSA) is 116 Å². The number of rotatable bonds is 14. The van der Waals surface area contributed by atoms with Crippen LogP contribution >= 0.6 is 11.6 Å². The number of aromatic nitrogens is 2. The minimum atomic E-state index is -0.841. The molecule has 0 amide bonds. The van der Waals surface area contributed by atoms with Crippen LogP contribution in [0.2, 0.25) is 5.02 Å². The fourth-order valence-corrected chi connectivity index (χ4v) is 6.31. The molecule has 3 heterocycles. The van der Waals surface area contributed by atoms with Gasteiger partial charge in [-0.2, -0.15) is 9.97 Å². The van der Waals surface area contributed by atoms with Gasteiger partial charge in [0.25, 0.3) is 0 Å². The molecule has 0 spiro atoms. The van der Waals surface area contributed by atoms with Crippen molar-refractivity contribution in [3.63, 3.8) is 0 Å². The minimum absolute atomic E-state index is 0.0657. The van der Waals surface area contributed by atoms with E-state index in [9.17, 15) is 9.90 Å². The van der Waals surface area contributed by atoms with Crippen molar-refractivity contribution in [1.29, 1.82) is 0 Å². The number of likely N-dealkylation sites (tertiary alicyclic amines) is 1. The number of halogens is 1. The summed E-state index contributed by atoms with van der Waals surface area (Å²) in [6.45, 7) is 8.25. The van der Waals surface area contributed by atoms with Gasteiger partial charge in [0.05, 0.1) is 44.6 Å². The second kappa shape index (κ2) is 16.3. The lowest BCUT2D eigenvalue weighted by Crippen LogP contribution is -2.44. The number of morpholine rings is 1. The molecule has 5 rings (SSSR count). The molecule has 1 aromatic heterocycles. The Hall–Kier alpha value is -3.64. The summed E-state index contributed by atoms with van der Waals surface area (Å²) < 4.78 is 28.8. The molecule has 2 aliphatic heterocycles. The number of ether oxygens (including phenoxy) is 5. The van der Waals surface area contributed by atoms with E-state index in [0.29, 0.717) is 30.2 Å². The third-order valence-corrected chi connectivity index (χ3v) is 8.99. The van der Waals surface area contributed by atoms with E-state index >= 15 is 0 Å². The first-order valence-electron chi connectivity index (χ1n) is 15.8. The molecule has 2 fully saturated rings. The van der Waals surface area contributed by atoms with Crippen molar-refractivity contribution in [2.45, 2.75) is 51.8 Å². The lowest BCUT2D eigenvalue weighted by Gasteiger charge is -2.33. The lowest BCUT2D eigenvalue weighted by atomic mass is 9.98. The molecule has 12 heteroatoms. The van der Waals surface area contributed by atoms with Crippen LogP contribution in [0.5, 0.6) is 23.5 Å². The van der Waals surface area contributed by atoms with Crippen molar-refractivity contribution in [1.82, 2.24) is 19.8 Å². The van der Waals surface area contributed by atoms with Gasteiger partial charge in [0, 0.05) is 37.3 Å². The van der Waals surface area contributed by atoms with Gasteiger partial charge >= 0.3 is 12.0 Å². The number of carboxylic acids is 1.